The molecule has 112 valence electrons. The molecular weight excluding hydrogens is 290 g/mol. The first-order chi connectivity index (χ1) is 11.3. The Labute approximate surface area is 132 Å². The summed E-state index contributed by atoms with van der Waals surface area (Å²) in [7, 11) is 1.63. The maximum atomic E-state index is 5.23. The fraction of sp³-hybridized carbons (Fsp3) is 0.0588. The van der Waals surface area contributed by atoms with Crippen molar-refractivity contribution in [3.63, 3.8) is 0 Å². The van der Waals surface area contributed by atoms with Crippen molar-refractivity contribution in [2.45, 2.75) is 0 Å². The van der Waals surface area contributed by atoms with E-state index in [1.54, 1.807) is 31.9 Å². The quantitative estimate of drug-likeness (QED) is 0.582. The fourth-order valence-electron chi connectivity index (χ4n) is 2.39. The number of fused-ring (bicyclic) bond motifs is 1. The van der Waals surface area contributed by atoms with E-state index in [1.165, 1.54) is 0 Å². The molecule has 4 heterocycles. The standard InChI is InChI=1S/C17H13N5O/c1-23-14-7-13(9-18-10-14)12-3-5-19-15(8-12)16-11-22-6-2-4-20-17(22)21-16/h2-11H,1H3. The van der Waals surface area contributed by atoms with Crippen LogP contribution in [0, 0.1) is 0 Å². The van der Waals surface area contributed by atoms with Gasteiger partial charge in [-0.3, -0.25) is 14.4 Å². The molecule has 4 rings (SSSR count). The lowest BCUT2D eigenvalue weighted by atomic mass is 10.1. The van der Waals surface area contributed by atoms with E-state index in [9.17, 15) is 0 Å². The predicted octanol–water partition coefficient (Wildman–Crippen LogP) is 2.86. The fourth-order valence-corrected chi connectivity index (χ4v) is 2.39. The van der Waals surface area contributed by atoms with Crippen LogP contribution in [0.3, 0.4) is 0 Å². The van der Waals surface area contributed by atoms with E-state index in [-0.39, 0.29) is 0 Å². The van der Waals surface area contributed by atoms with Crippen LogP contribution in [0.15, 0.2) is 61.4 Å². The maximum absolute atomic E-state index is 5.23. The zero-order valence-electron chi connectivity index (χ0n) is 12.4. The molecule has 0 spiro atoms. The predicted molar refractivity (Wildman–Crippen MR) is 86.0 cm³/mol. The van der Waals surface area contributed by atoms with Crippen molar-refractivity contribution in [3.8, 4) is 28.3 Å². The number of methoxy groups -OCH3 is 1. The van der Waals surface area contributed by atoms with Crippen molar-refractivity contribution in [1.82, 2.24) is 24.3 Å². The van der Waals surface area contributed by atoms with Crippen LogP contribution in [-0.4, -0.2) is 31.4 Å². The molecular formula is C17H13N5O. The average Bonchev–Trinajstić information content (AvgIpc) is 3.06. The van der Waals surface area contributed by atoms with Gasteiger partial charge in [-0.05, 0) is 29.8 Å². The number of pyridine rings is 2. The molecule has 4 aromatic heterocycles. The van der Waals surface area contributed by atoms with Gasteiger partial charge in [0.1, 0.15) is 11.4 Å². The van der Waals surface area contributed by atoms with Crippen molar-refractivity contribution < 1.29 is 4.74 Å². The Morgan fingerprint density at radius 1 is 1.00 bits per heavy atom. The summed E-state index contributed by atoms with van der Waals surface area (Å²) in [6.45, 7) is 0. The molecule has 0 radical (unpaired) electrons. The third kappa shape index (κ3) is 2.50. The van der Waals surface area contributed by atoms with Gasteiger partial charge in [0, 0.05) is 36.5 Å². The molecule has 6 heteroatoms. The first-order valence-corrected chi connectivity index (χ1v) is 7.09. The van der Waals surface area contributed by atoms with E-state index in [1.807, 2.05) is 41.1 Å². The van der Waals surface area contributed by atoms with E-state index < -0.39 is 0 Å². The van der Waals surface area contributed by atoms with Crippen molar-refractivity contribution in [2.24, 2.45) is 0 Å². The van der Waals surface area contributed by atoms with Crippen LogP contribution in [-0.2, 0) is 0 Å². The first-order valence-electron chi connectivity index (χ1n) is 7.09. The Kier molecular flexibility index (Phi) is 3.20. The smallest absolute Gasteiger partial charge is 0.234 e. The largest absolute Gasteiger partial charge is 0.495 e. The number of hydrogen-bond acceptors (Lipinski definition) is 5. The van der Waals surface area contributed by atoms with Crippen molar-refractivity contribution >= 4 is 5.78 Å². The molecule has 4 aromatic rings. The maximum Gasteiger partial charge on any atom is 0.234 e. The highest BCUT2D eigenvalue weighted by Gasteiger charge is 2.08. The minimum atomic E-state index is 0.651. The third-order valence-electron chi connectivity index (χ3n) is 3.54. The molecule has 6 nitrogen and oxygen atoms in total. The van der Waals surface area contributed by atoms with Crippen LogP contribution >= 0.6 is 0 Å². The normalized spacial score (nSPS) is 10.8. The number of hydrogen-bond donors (Lipinski definition) is 0. The molecule has 0 saturated heterocycles. The minimum absolute atomic E-state index is 0.651. The lowest BCUT2D eigenvalue weighted by Gasteiger charge is -2.05. The Bertz CT molecular complexity index is 946. The molecule has 0 bridgehead atoms. The van der Waals surface area contributed by atoms with Gasteiger partial charge in [-0.2, -0.15) is 0 Å². The summed E-state index contributed by atoms with van der Waals surface area (Å²) in [5.41, 5.74) is 3.54. The minimum Gasteiger partial charge on any atom is -0.495 e. The molecule has 0 amide bonds. The monoisotopic (exact) mass is 303 g/mol. The van der Waals surface area contributed by atoms with Gasteiger partial charge in [-0.1, -0.05) is 0 Å². The number of nitrogens with zero attached hydrogens (tertiary/aromatic N) is 5. The molecule has 0 atom stereocenters. The van der Waals surface area contributed by atoms with Crippen LogP contribution in [0.25, 0.3) is 28.3 Å². The average molecular weight is 303 g/mol. The highest BCUT2D eigenvalue weighted by atomic mass is 16.5. The van der Waals surface area contributed by atoms with Crippen molar-refractivity contribution in [3.05, 3.63) is 61.4 Å². The molecule has 23 heavy (non-hydrogen) atoms. The number of aromatic nitrogens is 5. The Hall–Kier alpha value is -3.28. The van der Waals surface area contributed by atoms with Gasteiger partial charge in [0.05, 0.1) is 19.0 Å². The van der Waals surface area contributed by atoms with Crippen molar-refractivity contribution in [2.75, 3.05) is 7.11 Å². The molecule has 0 unspecified atom stereocenters. The van der Waals surface area contributed by atoms with Crippen LogP contribution in [0.5, 0.6) is 5.75 Å². The summed E-state index contributed by atoms with van der Waals surface area (Å²) in [4.78, 5) is 17.3. The topological polar surface area (TPSA) is 65.2 Å². The second kappa shape index (κ2) is 5.49. The Balaban J connectivity index is 1.78. The van der Waals surface area contributed by atoms with E-state index in [0.29, 0.717) is 5.78 Å². The van der Waals surface area contributed by atoms with E-state index in [2.05, 4.69) is 19.9 Å². The van der Waals surface area contributed by atoms with Gasteiger partial charge >= 0.3 is 0 Å². The number of ether oxygens (including phenoxy) is 1. The van der Waals surface area contributed by atoms with Gasteiger partial charge in [0.25, 0.3) is 0 Å². The summed E-state index contributed by atoms with van der Waals surface area (Å²) >= 11 is 0. The van der Waals surface area contributed by atoms with Crippen LogP contribution < -0.4 is 4.74 Å². The van der Waals surface area contributed by atoms with Crippen LogP contribution in [0.2, 0.25) is 0 Å². The van der Waals surface area contributed by atoms with Gasteiger partial charge < -0.3 is 4.74 Å². The van der Waals surface area contributed by atoms with E-state index in [4.69, 9.17) is 4.74 Å². The summed E-state index contributed by atoms with van der Waals surface area (Å²) in [5.74, 6) is 1.37. The summed E-state index contributed by atoms with van der Waals surface area (Å²) in [6, 6.07) is 7.73. The molecule has 0 aliphatic carbocycles. The van der Waals surface area contributed by atoms with E-state index >= 15 is 0 Å². The van der Waals surface area contributed by atoms with Gasteiger partial charge in [-0.15, -0.1) is 0 Å². The summed E-state index contributed by atoms with van der Waals surface area (Å²) < 4.78 is 7.10. The van der Waals surface area contributed by atoms with Gasteiger partial charge in [-0.25, -0.2) is 9.97 Å². The second-order valence-electron chi connectivity index (χ2n) is 5.00. The van der Waals surface area contributed by atoms with Crippen LogP contribution in [0.1, 0.15) is 0 Å². The summed E-state index contributed by atoms with van der Waals surface area (Å²) in [5, 5.41) is 0. The second-order valence-corrected chi connectivity index (χ2v) is 5.00. The Morgan fingerprint density at radius 3 is 2.83 bits per heavy atom. The van der Waals surface area contributed by atoms with Gasteiger partial charge in [0.15, 0.2) is 0 Å². The Morgan fingerprint density at radius 2 is 1.96 bits per heavy atom. The summed E-state index contributed by atoms with van der Waals surface area (Å²) in [6.07, 6.45) is 10.8. The SMILES string of the molecule is COc1cncc(-c2ccnc(-c3cn4cccnc4n3)c2)c1. The zero-order valence-corrected chi connectivity index (χ0v) is 12.4. The zero-order chi connectivity index (χ0) is 15.6. The molecule has 0 saturated carbocycles. The molecule has 0 fully saturated rings. The lowest BCUT2D eigenvalue weighted by Crippen LogP contribution is -1.88. The lowest BCUT2D eigenvalue weighted by molar-refractivity contribution is 0.413. The molecule has 0 aliphatic rings. The highest BCUT2D eigenvalue weighted by molar-refractivity contribution is 5.69. The molecule has 0 aliphatic heterocycles. The highest BCUT2D eigenvalue weighted by Crippen LogP contribution is 2.25. The number of rotatable bonds is 3. The first kappa shape index (κ1) is 13.4. The van der Waals surface area contributed by atoms with E-state index in [0.717, 1.165) is 28.3 Å². The third-order valence-corrected chi connectivity index (χ3v) is 3.54. The molecule has 0 N–H and O–H groups in total. The van der Waals surface area contributed by atoms with Crippen molar-refractivity contribution in [1.29, 1.82) is 0 Å². The number of imidazole rings is 1. The van der Waals surface area contributed by atoms with Gasteiger partial charge in [0.2, 0.25) is 5.78 Å². The molecule has 0 aromatic carbocycles. The van der Waals surface area contributed by atoms with Crippen LogP contribution in [0.4, 0.5) is 0 Å².